The van der Waals surface area contributed by atoms with Gasteiger partial charge in [0.2, 0.25) is 0 Å². The maximum Gasteiger partial charge on any atom is 0.0580 e. The van der Waals surface area contributed by atoms with Gasteiger partial charge in [-0.15, -0.1) is 0 Å². The van der Waals surface area contributed by atoms with E-state index < -0.39 is 0 Å². The first-order chi connectivity index (χ1) is 6.36. The third kappa shape index (κ3) is 2.44. The molecule has 13 heavy (non-hydrogen) atoms. The number of aliphatic hydroxyl groups is 1. The van der Waals surface area contributed by atoms with Gasteiger partial charge in [-0.1, -0.05) is 12.8 Å². The van der Waals surface area contributed by atoms with Crippen LogP contribution in [0.1, 0.15) is 38.5 Å². The van der Waals surface area contributed by atoms with Crippen LogP contribution in [0.25, 0.3) is 0 Å². The number of rotatable bonds is 2. The summed E-state index contributed by atoms with van der Waals surface area (Å²) in [6.07, 6.45) is 7.66. The number of hydrogen-bond acceptors (Lipinski definition) is 2. The smallest absolute Gasteiger partial charge is 0.0580 e. The highest BCUT2D eigenvalue weighted by Crippen LogP contribution is 2.27. The molecule has 2 aliphatic rings. The number of likely N-dealkylation sites (tertiary alicyclic amines) is 1. The van der Waals surface area contributed by atoms with Crippen LogP contribution in [0.4, 0.5) is 0 Å². The lowest BCUT2D eigenvalue weighted by Gasteiger charge is -2.29. The molecule has 2 fully saturated rings. The highest BCUT2D eigenvalue weighted by molar-refractivity contribution is 4.80. The molecule has 2 atom stereocenters. The highest BCUT2D eigenvalue weighted by Gasteiger charge is 2.27. The normalized spacial score (nSPS) is 36.7. The third-order valence-electron chi connectivity index (χ3n) is 3.56. The molecular formula is C11H21NO. The van der Waals surface area contributed by atoms with Crippen LogP contribution >= 0.6 is 0 Å². The summed E-state index contributed by atoms with van der Waals surface area (Å²) in [5.41, 5.74) is 0. The molecule has 2 unspecified atom stereocenters. The van der Waals surface area contributed by atoms with Crippen LogP contribution in [0.2, 0.25) is 0 Å². The van der Waals surface area contributed by atoms with Gasteiger partial charge < -0.3 is 10.0 Å². The molecule has 76 valence electrons. The lowest BCUT2D eigenvalue weighted by Crippen LogP contribution is -2.36. The molecule has 0 spiro atoms. The largest absolute Gasteiger partial charge is 0.393 e. The van der Waals surface area contributed by atoms with E-state index in [0.717, 1.165) is 13.0 Å². The molecule has 2 nitrogen and oxygen atoms in total. The molecule has 0 aromatic carbocycles. The van der Waals surface area contributed by atoms with Gasteiger partial charge in [0.25, 0.3) is 0 Å². The van der Waals surface area contributed by atoms with E-state index in [2.05, 4.69) is 4.90 Å². The third-order valence-corrected chi connectivity index (χ3v) is 3.56. The molecule has 2 rings (SSSR count). The predicted molar refractivity (Wildman–Crippen MR) is 53.6 cm³/mol. The number of piperidine rings is 1. The van der Waals surface area contributed by atoms with Gasteiger partial charge >= 0.3 is 0 Å². The number of nitrogens with zero attached hydrogens (tertiary/aromatic N) is 1. The Labute approximate surface area is 80.9 Å². The first-order valence-electron chi connectivity index (χ1n) is 5.76. The van der Waals surface area contributed by atoms with Crippen molar-refractivity contribution in [3.8, 4) is 0 Å². The fourth-order valence-corrected chi connectivity index (χ4v) is 2.70. The Morgan fingerprint density at radius 3 is 2.38 bits per heavy atom. The van der Waals surface area contributed by atoms with Crippen LogP contribution in [0, 0.1) is 5.92 Å². The van der Waals surface area contributed by atoms with Gasteiger partial charge in [0.05, 0.1) is 6.10 Å². The monoisotopic (exact) mass is 183 g/mol. The molecular weight excluding hydrogens is 162 g/mol. The zero-order valence-electron chi connectivity index (χ0n) is 8.41. The zero-order chi connectivity index (χ0) is 9.10. The Morgan fingerprint density at radius 1 is 1.00 bits per heavy atom. The maximum absolute atomic E-state index is 9.69. The van der Waals surface area contributed by atoms with E-state index in [1.807, 2.05) is 0 Å². The van der Waals surface area contributed by atoms with Crippen molar-refractivity contribution in [2.75, 3.05) is 19.6 Å². The molecule has 0 bridgehead atoms. The average molecular weight is 183 g/mol. The molecule has 1 heterocycles. The van der Waals surface area contributed by atoms with Crippen molar-refractivity contribution >= 4 is 0 Å². The highest BCUT2D eigenvalue weighted by atomic mass is 16.3. The van der Waals surface area contributed by atoms with Gasteiger partial charge in [-0.05, 0) is 44.7 Å². The van der Waals surface area contributed by atoms with Crippen LogP contribution < -0.4 is 0 Å². The fraction of sp³-hybridized carbons (Fsp3) is 1.00. The second-order valence-corrected chi connectivity index (χ2v) is 4.62. The summed E-state index contributed by atoms with van der Waals surface area (Å²) in [6, 6.07) is 0. The number of aliphatic hydroxyl groups excluding tert-OH is 1. The summed E-state index contributed by atoms with van der Waals surface area (Å²) >= 11 is 0. The quantitative estimate of drug-likeness (QED) is 0.703. The molecule has 2 heteroatoms. The van der Waals surface area contributed by atoms with Crippen molar-refractivity contribution in [2.45, 2.75) is 44.6 Å². The molecule has 1 aliphatic heterocycles. The van der Waals surface area contributed by atoms with E-state index >= 15 is 0 Å². The first-order valence-corrected chi connectivity index (χ1v) is 5.76. The van der Waals surface area contributed by atoms with Crippen LogP contribution in [-0.4, -0.2) is 35.7 Å². The lowest BCUT2D eigenvalue weighted by molar-refractivity contribution is 0.0949. The molecule has 0 amide bonds. The second-order valence-electron chi connectivity index (χ2n) is 4.62. The Balaban J connectivity index is 1.75. The van der Waals surface area contributed by atoms with Gasteiger partial charge in [0, 0.05) is 6.54 Å². The van der Waals surface area contributed by atoms with E-state index in [4.69, 9.17) is 0 Å². The van der Waals surface area contributed by atoms with Crippen molar-refractivity contribution in [2.24, 2.45) is 5.92 Å². The Hall–Kier alpha value is -0.0800. The minimum atomic E-state index is 0.00178. The van der Waals surface area contributed by atoms with Crippen molar-refractivity contribution in [1.82, 2.24) is 4.90 Å². The second kappa shape index (κ2) is 4.43. The van der Waals surface area contributed by atoms with Gasteiger partial charge in [0.15, 0.2) is 0 Å². The van der Waals surface area contributed by atoms with Crippen LogP contribution in [0.15, 0.2) is 0 Å². The minimum absolute atomic E-state index is 0.00178. The molecule has 1 saturated carbocycles. The molecule has 1 N–H and O–H groups in total. The van der Waals surface area contributed by atoms with E-state index in [1.54, 1.807) is 0 Å². The van der Waals surface area contributed by atoms with E-state index in [9.17, 15) is 5.11 Å². The minimum Gasteiger partial charge on any atom is -0.393 e. The SMILES string of the molecule is OC1CCCC1CN1CCCCC1. The van der Waals surface area contributed by atoms with Gasteiger partial charge in [-0.25, -0.2) is 0 Å². The van der Waals surface area contributed by atoms with Gasteiger partial charge in [-0.2, -0.15) is 0 Å². The number of hydrogen-bond donors (Lipinski definition) is 1. The van der Waals surface area contributed by atoms with Crippen LogP contribution in [-0.2, 0) is 0 Å². The lowest BCUT2D eigenvalue weighted by atomic mass is 10.0. The zero-order valence-corrected chi connectivity index (χ0v) is 8.41. The van der Waals surface area contributed by atoms with Crippen molar-refractivity contribution in [1.29, 1.82) is 0 Å². The van der Waals surface area contributed by atoms with Crippen LogP contribution in [0.3, 0.4) is 0 Å². The predicted octanol–water partition coefficient (Wildman–Crippen LogP) is 1.63. The molecule has 0 aromatic rings. The van der Waals surface area contributed by atoms with Crippen molar-refractivity contribution in [3.05, 3.63) is 0 Å². The Bertz CT molecular complexity index is 154. The summed E-state index contributed by atoms with van der Waals surface area (Å²) in [7, 11) is 0. The Morgan fingerprint density at radius 2 is 1.77 bits per heavy atom. The first kappa shape index (κ1) is 9.47. The standard InChI is InChI=1S/C11H21NO/c13-11-6-4-5-10(11)9-12-7-2-1-3-8-12/h10-11,13H,1-9H2. The van der Waals surface area contributed by atoms with E-state index in [1.165, 1.54) is 45.2 Å². The van der Waals surface area contributed by atoms with E-state index in [0.29, 0.717) is 5.92 Å². The topological polar surface area (TPSA) is 23.5 Å². The van der Waals surface area contributed by atoms with Crippen molar-refractivity contribution < 1.29 is 5.11 Å². The summed E-state index contributed by atoms with van der Waals surface area (Å²) in [5, 5.41) is 9.69. The molecule has 0 aromatic heterocycles. The molecule has 1 saturated heterocycles. The Kier molecular flexibility index (Phi) is 3.23. The fourth-order valence-electron chi connectivity index (χ4n) is 2.70. The van der Waals surface area contributed by atoms with E-state index in [-0.39, 0.29) is 6.10 Å². The average Bonchev–Trinajstić information content (AvgIpc) is 2.54. The summed E-state index contributed by atoms with van der Waals surface area (Å²) in [4.78, 5) is 2.54. The van der Waals surface area contributed by atoms with Crippen molar-refractivity contribution in [3.63, 3.8) is 0 Å². The van der Waals surface area contributed by atoms with Crippen LogP contribution in [0.5, 0.6) is 0 Å². The summed E-state index contributed by atoms with van der Waals surface area (Å²) in [5.74, 6) is 0.582. The summed E-state index contributed by atoms with van der Waals surface area (Å²) in [6.45, 7) is 3.69. The maximum atomic E-state index is 9.69. The van der Waals surface area contributed by atoms with Gasteiger partial charge in [0.1, 0.15) is 0 Å². The molecule has 1 aliphatic carbocycles. The molecule has 0 radical (unpaired) electrons. The summed E-state index contributed by atoms with van der Waals surface area (Å²) < 4.78 is 0. The van der Waals surface area contributed by atoms with Gasteiger partial charge in [-0.3, -0.25) is 0 Å².